The Bertz CT molecular complexity index is 177. The lowest BCUT2D eigenvalue weighted by Gasteiger charge is -2.34. The van der Waals surface area contributed by atoms with Crippen molar-refractivity contribution in [3.63, 3.8) is 0 Å². The molecule has 0 heterocycles. The fourth-order valence-electron chi connectivity index (χ4n) is 1.19. The second kappa shape index (κ2) is 3.24. The molecule has 0 aliphatic heterocycles. The highest BCUT2D eigenvalue weighted by molar-refractivity contribution is 5.32. The molecule has 64 valence electrons. The Kier molecular flexibility index (Phi) is 2.52. The van der Waals surface area contributed by atoms with Crippen molar-refractivity contribution in [1.29, 1.82) is 0 Å². The predicted octanol–water partition coefficient (Wildman–Crippen LogP) is -0.00460. The van der Waals surface area contributed by atoms with E-state index in [2.05, 4.69) is 12.2 Å². The first kappa shape index (κ1) is 8.56. The van der Waals surface area contributed by atoms with Gasteiger partial charge in [-0.25, -0.2) is 0 Å². The summed E-state index contributed by atoms with van der Waals surface area (Å²) in [6, 6.07) is 0. The summed E-state index contributed by atoms with van der Waals surface area (Å²) in [4.78, 5) is 0. The Labute approximate surface area is 66.7 Å². The minimum Gasteiger partial charge on any atom is -0.386 e. The van der Waals surface area contributed by atoms with Crippen LogP contribution in [0.3, 0.4) is 0 Å². The zero-order chi connectivity index (χ0) is 8.43. The quantitative estimate of drug-likeness (QED) is 0.540. The van der Waals surface area contributed by atoms with Gasteiger partial charge in [-0.1, -0.05) is 6.92 Å². The van der Waals surface area contributed by atoms with Crippen LogP contribution in [0.5, 0.6) is 0 Å². The van der Waals surface area contributed by atoms with Crippen LogP contribution in [0, 0.1) is 0 Å². The van der Waals surface area contributed by atoms with Crippen LogP contribution in [0.1, 0.15) is 20.3 Å². The molecule has 0 saturated carbocycles. The number of nitrogens with one attached hydrogen (secondary N) is 1. The zero-order valence-electron chi connectivity index (χ0n) is 6.96. The molecule has 1 aliphatic carbocycles. The standard InChI is InChI=1S/C8H15NO2/c1-3-4-9-6-5(2)7(10)8(6)11/h7-11H,3-4H2,1-2H3. The summed E-state index contributed by atoms with van der Waals surface area (Å²) in [7, 11) is 0. The average Bonchev–Trinajstić information content (AvgIpc) is 2.04. The Morgan fingerprint density at radius 1 is 1.36 bits per heavy atom. The molecule has 1 aliphatic rings. The first-order valence-corrected chi connectivity index (χ1v) is 3.99. The smallest absolute Gasteiger partial charge is 0.123 e. The molecule has 1 rings (SSSR count). The lowest BCUT2D eigenvalue weighted by Crippen LogP contribution is -2.45. The first-order valence-electron chi connectivity index (χ1n) is 3.99. The predicted molar refractivity (Wildman–Crippen MR) is 43.0 cm³/mol. The van der Waals surface area contributed by atoms with Gasteiger partial charge in [-0.15, -0.1) is 0 Å². The van der Waals surface area contributed by atoms with E-state index in [1.807, 2.05) is 6.92 Å². The van der Waals surface area contributed by atoms with Crippen molar-refractivity contribution in [3.05, 3.63) is 11.3 Å². The van der Waals surface area contributed by atoms with Crippen LogP contribution in [-0.4, -0.2) is 29.0 Å². The fraction of sp³-hybridized carbons (Fsp3) is 0.750. The Balaban J connectivity index is 2.46. The molecule has 3 N–H and O–H groups in total. The largest absolute Gasteiger partial charge is 0.386 e. The van der Waals surface area contributed by atoms with E-state index in [1.54, 1.807) is 0 Å². The normalized spacial score (nSPS) is 30.2. The van der Waals surface area contributed by atoms with E-state index in [-0.39, 0.29) is 0 Å². The lowest BCUT2D eigenvalue weighted by atomic mass is 9.88. The summed E-state index contributed by atoms with van der Waals surface area (Å²) < 4.78 is 0. The van der Waals surface area contributed by atoms with E-state index in [0.29, 0.717) is 0 Å². The molecule has 0 aromatic carbocycles. The summed E-state index contributed by atoms with van der Waals surface area (Å²) in [5.74, 6) is 0. The molecule has 3 heteroatoms. The van der Waals surface area contributed by atoms with E-state index in [1.165, 1.54) is 0 Å². The van der Waals surface area contributed by atoms with E-state index < -0.39 is 12.2 Å². The second-order valence-electron chi connectivity index (χ2n) is 2.91. The highest BCUT2D eigenvalue weighted by Crippen LogP contribution is 2.25. The van der Waals surface area contributed by atoms with Crippen molar-refractivity contribution in [1.82, 2.24) is 5.32 Å². The number of hydrogen-bond donors (Lipinski definition) is 3. The van der Waals surface area contributed by atoms with Crippen LogP contribution in [-0.2, 0) is 0 Å². The molecule has 0 aromatic rings. The van der Waals surface area contributed by atoms with Crippen LogP contribution in [0.4, 0.5) is 0 Å². The van der Waals surface area contributed by atoms with Crippen molar-refractivity contribution in [2.45, 2.75) is 32.5 Å². The molecule has 2 unspecified atom stereocenters. The van der Waals surface area contributed by atoms with E-state index in [9.17, 15) is 5.11 Å². The van der Waals surface area contributed by atoms with Gasteiger partial charge in [0.2, 0.25) is 0 Å². The van der Waals surface area contributed by atoms with Gasteiger partial charge in [0.25, 0.3) is 0 Å². The monoisotopic (exact) mass is 157 g/mol. The van der Waals surface area contributed by atoms with Gasteiger partial charge in [-0.2, -0.15) is 0 Å². The van der Waals surface area contributed by atoms with Crippen molar-refractivity contribution in [3.8, 4) is 0 Å². The molecular formula is C8H15NO2. The summed E-state index contributed by atoms with van der Waals surface area (Å²) in [6.07, 6.45) is -0.296. The molecule has 3 nitrogen and oxygen atoms in total. The molecule has 0 spiro atoms. The molecule has 0 radical (unpaired) electrons. The molecule has 2 atom stereocenters. The Hall–Kier alpha value is -0.540. The molecule has 11 heavy (non-hydrogen) atoms. The van der Waals surface area contributed by atoms with Gasteiger partial charge in [-0.3, -0.25) is 0 Å². The average molecular weight is 157 g/mol. The van der Waals surface area contributed by atoms with Crippen LogP contribution in [0.2, 0.25) is 0 Å². The number of hydrogen-bond acceptors (Lipinski definition) is 3. The van der Waals surface area contributed by atoms with E-state index in [0.717, 1.165) is 24.2 Å². The third kappa shape index (κ3) is 1.39. The van der Waals surface area contributed by atoms with Crippen molar-refractivity contribution in [2.24, 2.45) is 0 Å². The van der Waals surface area contributed by atoms with Gasteiger partial charge < -0.3 is 15.5 Å². The van der Waals surface area contributed by atoms with Crippen molar-refractivity contribution >= 4 is 0 Å². The van der Waals surface area contributed by atoms with Gasteiger partial charge in [0.15, 0.2) is 0 Å². The van der Waals surface area contributed by atoms with Crippen molar-refractivity contribution in [2.75, 3.05) is 6.54 Å². The van der Waals surface area contributed by atoms with Crippen LogP contribution >= 0.6 is 0 Å². The number of aliphatic hydroxyl groups excluding tert-OH is 2. The highest BCUT2D eigenvalue weighted by atomic mass is 16.3. The van der Waals surface area contributed by atoms with Crippen molar-refractivity contribution < 1.29 is 10.2 Å². The SMILES string of the molecule is CCCNC1=C(C)C(O)C1O. The van der Waals surface area contributed by atoms with Crippen LogP contribution in [0.25, 0.3) is 0 Å². The summed E-state index contributed by atoms with van der Waals surface area (Å²) >= 11 is 0. The number of aliphatic hydroxyl groups is 2. The minimum absolute atomic E-state index is 0.644. The molecule has 0 aromatic heterocycles. The third-order valence-corrected chi connectivity index (χ3v) is 2.03. The maximum atomic E-state index is 9.20. The van der Waals surface area contributed by atoms with Crippen LogP contribution < -0.4 is 5.32 Å². The van der Waals surface area contributed by atoms with E-state index in [4.69, 9.17) is 5.11 Å². The minimum atomic E-state index is -0.679. The second-order valence-corrected chi connectivity index (χ2v) is 2.91. The molecular weight excluding hydrogens is 142 g/mol. The summed E-state index contributed by atoms with van der Waals surface area (Å²) in [5, 5.41) is 21.4. The van der Waals surface area contributed by atoms with Gasteiger partial charge in [0, 0.05) is 12.2 Å². The summed E-state index contributed by atoms with van der Waals surface area (Å²) in [6.45, 7) is 4.75. The highest BCUT2D eigenvalue weighted by Gasteiger charge is 2.34. The maximum Gasteiger partial charge on any atom is 0.123 e. The van der Waals surface area contributed by atoms with Gasteiger partial charge in [0.1, 0.15) is 12.2 Å². The number of rotatable bonds is 3. The van der Waals surface area contributed by atoms with Gasteiger partial charge in [-0.05, 0) is 18.9 Å². The van der Waals surface area contributed by atoms with Gasteiger partial charge >= 0.3 is 0 Å². The Morgan fingerprint density at radius 2 is 2.00 bits per heavy atom. The molecule has 0 fully saturated rings. The zero-order valence-corrected chi connectivity index (χ0v) is 6.96. The molecule has 0 saturated heterocycles. The van der Waals surface area contributed by atoms with E-state index >= 15 is 0 Å². The molecule has 0 bridgehead atoms. The topological polar surface area (TPSA) is 52.5 Å². The fourth-order valence-corrected chi connectivity index (χ4v) is 1.19. The Morgan fingerprint density at radius 3 is 2.45 bits per heavy atom. The maximum absolute atomic E-state index is 9.20. The van der Waals surface area contributed by atoms with Gasteiger partial charge in [0.05, 0.1) is 0 Å². The molecule has 0 amide bonds. The lowest BCUT2D eigenvalue weighted by molar-refractivity contribution is 0.0314. The third-order valence-electron chi connectivity index (χ3n) is 2.03. The van der Waals surface area contributed by atoms with Crippen LogP contribution in [0.15, 0.2) is 11.3 Å². The first-order chi connectivity index (χ1) is 5.18. The summed E-state index contributed by atoms with van der Waals surface area (Å²) in [5.41, 5.74) is 1.67.